The Morgan fingerprint density at radius 2 is 1.86 bits per heavy atom. The molecule has 1 unspecified atom stereocenters. The molecule has 1 atom stereocenters. The molecule has 4 N–H and O–H groups in total. The van der Waals surface area contributed by atoms with Crippen molar-refractivity contribution in [2.75, 3.05) is 5.32 Å². The summed E-state index contributed by atoms with van der Waals surface area (Å²) < 4.78 is 0.631. The Kier molecular flexibility index (Phi) is 4.59. The quantitative estimate of drug-likeness (QED) is 0.614. The van der Waals surface area contributed by atoms with Crippen molar-refractivity contribution >= 4 is 39.2 Å². The molecule has 0 aromatic heterocycles. The summed E-state index contributed by atoms with van der Waals surface area (Å²) in [7, 11) is 0. The first kappa shape index (κ1) is 15.5. The molecule has 2 aromatic carbocycles. The number of carboxylic acids is 1. The second kappa shape index (κ2) is 6.24. The molecule has 2 rings (SSSR count). The molecule has 0 aliphatic rings. The van der Waals surface area contributed by atoms with E-state index in [1.54, 1.807) is 18.2 Å². The van der Waals surface area contributed by atoms with E-state index in [0.29, 0.717) is 20.7 Å². The molecule has 0 amide bonds. The van der Waals surface area contributed by atoms with Crippen LogP contribution in [0.25, 0.3) is 0 Å². The number of aromatic hydroxyl groups is 2. The molecule has 21 heavy (non-hydrogen) atoms. The highest BCUT2D eigenvalue weighted by Gasteiger charge is 2.21. The fourth-order valence-corrected chi connectivity index (χ4v) is 2.26. The normalized spacial score (nSPS) is 11.9. The van der Waals surface area contributed by atoms with Gasteiger partial charge in [-0.3, -0.25) is 0 Å². The van der Waals surface area contributed by atoms with Gasteiger partial charge in [-0.05, 0) is 51.8 Å². The first-order valence-corrected chi connectivity index (χ1v) is 7.02. The molecular weight excluding hydrogens is 362 g/mol. The summed E-state index contributed by atoms with van der Waals surface area (Å²) in [6.45, 7) is 0. The molecule has 0 spiro atoms. The SMILES string of the molecule is O=C(O)C(Nc1ccc(Cl)c(Br)c1)c1ccc(O)c(O)c1. The second-order valence-corrected chi connectivity index (χ2v) is 5.55. The van der Waals surface area contributed by atoms with Crippen molar-refractivity contribution in [3.8, 4) is 11.5 Å². The number of benzene rings is 2. The minimum absolute atomic E-state index is 0.308. The summed E-state index contributed by atoms with van der Waals surface area (Å²) in [5.74, 6) is -1.80. The average Bonchev–Trinajstić information content (AvgIpc) is 2.43. The Morgan fingerprint density at radius 1 is 1.14 bits per heavy atom. The highest BCUT2D eigenvalue weighted by Crippen LogP contribution is 2.31. The summed E-state index contributed by atoms with van der Waals surface area (Å²) in [6.07, 6.45) is 0. The van der Waals surface area contributed by atoms with Gasteiger partial charge in [0.05, 0.1) is 5.02 Å². The molecule has 110 valence electrons. The molecule has 0 saturated heterocycles. The lowest BCUT2D eigenvalue weighted by atomic mass is 10.1. The summed E-state index contributed by atoms with van der Waals surface area (Å²) in [4.78, 5) is 11.4. The monoisotopic (exact) mass is 371 g/mol. The van der Waals surface area contributed by atoms with Crippen molar-refractivity contribution < 1.29 is 20.1 Å². The van der Waals surface area contributed by atoms with E-state index in [0.717, 1.165) is 0 Å². The molecule has 0 heterocycles. The number of carboxylic acid groups (broad SMARTS) is 1. The van der Waals surface area contributed by atoms with Crippen molar-refractivity contribution in [1.29, 1.82) is 0 Å². The number of halogens is 2. The van der Waals surface area contributed by atoms with Crippen molar-refractivity contribution in [1.82, 2.24) is 0 Å². The maximum atomic E-state index is 11.4. The largest absolute Gasteiger partial charge is 0.504 e. The van der Waals surface area contributed by atoms with Gasteiger partial charge in [-0.25, -0.2) is 4.79 Å². The van der Waals surface area contributed by atoms with E-state index < -0.39 is 12.0 Å². The second-order valence-electron chi connectivity index (χ2n) is 4.29. The minimum atomic E-state index is -1.12. The van der Waals surface area contributed by atoms with Crippen LogP contribution < -0.4 is 5.32 Å². The van der Waals surface area contributed by atoms with Gasteiger partial charge in [-0.2, -0.15) is 0 Å². The van der Waals surface area contributed by atoms with Crippen LogP contribution in [-0.2, 0) is 4.79 Å². The molecule has 7 heteroatoms. The Morgan fingerprint density at radius 3 is 2.43 bits per heavy atom. The smallest absolute Gasteiger partial charge is 0.330 e. The maximum absolute atomic E-state index is 11.4. The number of hydrogen-bond acceptors (Lipinski definition) is 4. The van der Waals surface area contributed by atoms with Gasteiger partial charge in [0.2, 0.25) is 0 Å². The Hall–Kier alpha value is -1.92. The lowest BCUT2D eigenvalue weighted by molar-refractivity contribution is -0.138. The Balaban J connectivity index is 2.32. The average molecular weight is 373 g/mol. The van der Waals surface area contributed by atoms with Gasteiger partial charge >= 0.3 is 5.97 Å². The van der Waals surface area contributed by atoms with Crippen LogP contribution in [0.5, 0.6) is 11.5 Å². The van der Waals surface area contributed by atoms with Crippen LogP contribution in [0.1, 0.15) is 11.6 Å². The van der Waals surface area contributed by atoms with Crippen molar-refractivity contribution in [3.05, 3.63) is 51.5 Å². The topological polar surface area (TPSA) is 89.8 Å². The van der Waals surface area contributed by atoms with E-state index in [4.69, 9.17) is 11.6 Å². The zero-order valence-electron chi connectivity index (χ0n) is 10.5. The van der Waals surface area contributed by atoms with Gasteiger partial charge in [0.15, 0.2) is 17.5 Å². The Bertz CT molecular complexity index is 693. The molecule has 0 saturated carbocycles. The summed E-state index contributed by atoms with van der Waals surface area (Å²) in [5.41, 5.74) is 0.857. The number of rotatable bonds is 4. The van der Waals surface area contributed by atoms with E-state index in [9.17, 15) is 20.1 Å². The van der Waals surface area contributed by atoms with E-state index in [1.165, 1.54) is 18.2 Å². The molecule has 0 radical (unpaired) electrons. The van der Waals surface area contributed by atoms with Gasteiger partial charge in [0.25, 0.3) is 0 Å². The predicted molar refractivity (Wildman–Crippen MR) is 82.9 cm³/mol. The highest BCUT2D eigenvalue weighted by atomic mass is 79.9. The standard InChI is InChI=1S/C14H11BrClNO4/c15-9-6-8(2-3-10(9)16)17-13(14(20)21)7-1-4-11(18)12(19)5-7/h1-6,13,17-19H,(H,20,21). The summed E-state index contributed by atoms with van der Waals surface area (Å²) in [6, 6.07) is 7.70. The van der Waals surface area contributed by atoms with Gasteiger partial charge in [-0.15, -0.1) is 0 Å². The molecule has 0 bridgehead atoms. The molecule has 0 aliphatic heterocycles. The van der Waals surface area contributed by atoms with Crippen LogP contribution in [0.4, 0.5) is 5.69 Å². The van der Waals surface area contributed by atoms with Gasteiger partial charge in [0, 0.05) is 10.2 Å². The number of carbonyl (C=O) groups is 1. The number of anilines is 1. The van der Waals surface area contributed by atoms with Gasteiger partial charge < -0.3 is 20.6 Å². The van der Waals surface area contributed by atoms with Crippen LogP contribution in [0, 0.1) is 0 Å². The fourth-order valence-electron chi connectivity index (χ4n) is 1.76. The number of hydrogen-bond donors (Lipinski definition) is 4. The van der Waals surface area contributed by atoms with Crippen LogP contribution in [-0.4, -0.2) is 21.3 Å². The number of nitrogens with one attached hydrogen (secondary N) is 1. The van der Waals surface area contributed by atoms with Crippen molar-refractivity contribution in [2.45, 2.75) is 6.04 Å². The van der Waals surface area contributed by atoms with Crippen molar-refractivity contribution in [2.24, 2.45) is 0 Å². The Labute approximate surface area is 133 Å². The first-order valence-electron chi connectivity index (χ1n) is 5.85. The summed E-state index contributed by atoms with van der Waals surface area (Å²) in [5, 5.41) is 31.4. The van der Waals surface area contributed by atoms with Crippen LogP contribution in [0.15, 0.2) is 40.9 Å². The maximum Gasteiger partial charge on any atom is 0.330 e. The number of phenols is 2. The van der Waals surface area contributed by atoms with E-state index in [2.05, 4.69) is 21.2 Å². The van der Waals surface area contributed by atoms with Gasteiger partial charge in [-0.1, -0.05) is 17.7 Å². The number of aliphatic carboxylic acids is 1. The first-order chi connectivity index (χ1) is 9.88. The molecule has 0 fully saturated rings. The molecule has 5 nitrogen and oxygen atoms in total. The summed E-state index contributed by atoms with van der Waals surface area (Å²) >= 11 is 9.14. The van der Waals surface area contributed by atoms with Crippen LogP contribution in [0.2, 0.25) is 5.02 Å². The lowest BCUT2D eigenvalue weighted by Crippen LogP contribution is -2.20. The minimum Gasteiger partial charge on any atom is -0.504 e. The van der Waals surface area contributed by atoms with E-state index in [1.807, 2.05) is 0 Å². The zero-order chi connectivity index (χ0) is 15.6. The zero-order valence-corrected chi connectivity index (χ0v) is 12.9. The molecule has 2 aromatic rings. The van der Waals surface area contributed by atoms with E-state index >= 15 is 0 Å². The number of phenolic OH excluding ortho intramolecular Hbond substituents is 2. The highest BCUT2D eigenvalue weighted by molar-refractivity contribution is 9.10. The van der Waals surface area contributed by atoms with Crippen LogP contribution in [0.3, 0.4) is 0 Å². The lowest BCUT2D eigenvalue weighted by Gasteiger charge is -2.17. The van der Waals surface area contributed by atoms with E-state index in [-0.39, 0.29) is 11.5 Å². The fraction of sp³-hybridized carbons (Fsp3) is 0.0714. The molecular formula is C14H11BrClNO4. The molecule has 0 aliphatic carbocycles. The third-order valence-electron chi connectivity index (χ3n) is 2.81. The predicted octanol–water partition coefficient (Wildman–Crippen LogP) is 3.75. The van der Waals surface area contributed by atoms with Crippen LogP contribution >= 0.6 is 27.5 Å². The third-order valence-corrected chi connectivity index (χ3v) is 4.02. The van der Waals surface area contributed by atoms with Crippen molar-refractivity contribution in [3.63, 3.8) is 0 Å². The third kappa shape index (κ3) is 3.59. The van der Waals surface area contributed by atoms with Gasteiger partial charge in [0.1, 0.15) is 0 Å².